The zero-order valence-electron chi connectivity index (χ0n) is 24.6. The van der Waals surface area contributed by atoms with Crippen molar-refractivity contribution >= 4 is 34.8 Å². The number of nitrogens with zero attached hydrogens (tertiary/aromatic N) is 4. The van der Waals surface area contributed by atoms with Crippen molar-refractivity contribution in [3.05, 3.63) is 81.8 Å². The number of benzene rings is 2. The van der Waals surface area contributed by atoms with E-state index in [1.54, 1.807) is 36.4 Å². The van der Waals surface area contributed by atoms with Crippen LogP contribution >= 0.6 is 11.6 Å². The zero-order chi connectivity index (χ0) is 30.1. The largest absolute Gasteiger partial charge is 0.496 e. The van der Waals surface area contributed by atoms with Crippen molar-refractivity contribution in [2.45, 2.75) is 59.2 Å². The molecule has 1 N–H and O–H groups in total. The third kappa shape index (κ3) is 3.90. The minimum Gasteiger partial charge on any atom is -0.496 e. The summed E-state index contributed by atoms with van der Waals surface area (Å²) in [5.74, 6) is 0.636. The molecule has 1 spiro atoms. The fraction of sp³-hybridized carbons (Fsp3) is 0.312. The monoisotopic (exact) mass is 585 g/mol. The average molecular weight is 586 g/mol. The van der Waals surface area contributed by atoms with Crippen LogP contribution in [0.3, 0.4) is 0 Å². The van der Waals surface area contributed by atoms with Gasteiger partial charge in [0.25, 0.3) is 11.8 Å². The first-order valence-electron chi connectivity index (χ1n) is 13.9. The molecule has 9 nitrogen and oxygen atoms in total. The smallest absolute Gasteiger partial charge is 0.280 e. The molecule has 42 heavy (non-hydrogen) atoms. The summed E-state index contributed by atoms with van der Waals surface area (Å²) in [5.41, 5.74) is 3.37. The maximum Gasteiger partial charge on any atom is 0.280 e. The minimum absolute atomic E-state index is 0.0718. The van der Waals surface area contributed by atoms with E-state index in [1.165, 1.54) is 0 Å². The van der Waals surface area contributed by atoms with Crippen molar-refractivity contribution in [2.24, 2.45) is 0 Å². The first-order valence-corrected chi connectivity index (χ1v) is 14.2. The van der Waals surface area contributed by atoms with E-state index in [0.717, 1.165) is 11.1 Å². The summed E-state index contributed by atoms with van der Waals surface area (Å²) >= 11 is 6.45. The number of aryl methyl sites for hydroxylation is 2. The number of aromatic nitrogens is 3. The Labute approximate surface area is 249 Å². The number of ether oxygens (including phenoxy) is 2. The summed E-state index contributed by atoms with van der Waals surface area (Å²) in [7, 11) is 1.56. The van der Waals surface area contributed by atoms with Gasteiger partial charge in [-0.1, -0.05) is 29.8 Å². The Hall–Kier alpha value is -4.37. The first kappa shape index (κ1) is 27.8. The number of rotatable bonds is 6. The van der Waals surface area contributed by atoms with E-state index in [-0.39, 0.29) is 23.7 Å². The number of hydrogen-bond acceptors (Lipinski definition) is 6. The van der Waals surface area contributed by atoms with E-state index < -0.39 is 11.4 Å². The van der Waals surface area contributed by atoms with Crippen LogP contribution in [0.25, 0.3) is 11.4 Å². The lowest BCUT2D eigenvalue weighted by Crippen LogP contribution is -2.51. The molecule has 1 atom stereocenters. The molecule has 0 radical (unpaired) electrons. The molecule has 0 saturated heterocycles. The molecular weight excluding hydrogens is 554 g/mol. The number of halogens is 1. The van der Waals surface area contributed by atoms with Crippen LogP contribution in [0.5, 0.6) is 11.6 Å². The average Bonchev–Trinajstić information content (AvgIpc) is 3.53. The number of hydrogen-bond donors (Lipinski definition) is 1. The van der Waals surface area contributed by atoms with Crippen molar-refractivity contribution in [1.29, 1.82) is 0 Å². The number of methoxy groups -OCH3 is 1. The van der Waals surface area contributed by atoms with Crippen molar-refractivity contribution in [3.63, 3.8) is 0 Å². The number of carbonyl (C=O) groups is 2. The third-order valence-electron chi connectivity index (χ3n) is 7.72. The van der Waals surface area contributed by atoms with Crippen LogP contribution in [0.1, 0.15) is 66.6 Å². The number of anilines is 2. The van der Waals surface area contributed by atoms with E-state index in [2.05, 4.69) is 10.3 Å². The number of imidazole rings is 1. The topological polar surface area (TPSA) is 98.6 Å². The molecule has 4 aromatic rings. The molecule has 2 aliphatic rings. The van der Waals surface area contributed by atoms with Crippen LogP contribution in [-0.2, 0) is 10.3 Å². The maximum atomic E-state index is 14.6. The van der Waals surface area contributed by atoms with Crippen LogP contribution in [0.4, 0.5) is 11.4 Å². The Morgan fingerprint density at radius 3 is 2.48 bits per heavy atom. The molecule has 2 amide bonds. The number of nitrogens with one attached hydrogen (secondary N) is 1. The highest BCUT2D eigenvalue weighted by Crippen LogP contribution is 2.55. The van der Waals surface area contributed by atoms with Gasteiger partial charge in [0, 0.05) is 34.6 Å². The van der Waals surface area contributed by atoms with Gasteiger partial charge in [0.1, 0.15) is 11.6 Å². The Morgan fingerprint density at radius 1 is 1.02 bits per heavy atom. The Morgan fingerprint density at radius 2 is 1.79 bits per heavy atom. The predicted molar refractivity (Wildman–Crippen MR) is 162 cm³/mol. The maximum absolute atomic E-state index is 14.6. The lowest BCUT2D eigenvalue weighted by Gasteiger charge is -2.36. The second-order valence-electron chi connectivity index (χ2n) is 11.3. The van der Waals surface area contributed by atoms with Gasteiger partial charge in [-0.15, -0.1) is 0 Å². The van der Waals surface area contributed by atoms with Gasteiger partial charge in [0.15, 0.2) is 11.2 Å². The van der Waals surface area contributed by atoms with E-state index in [1.807, 2.05) is 70.4 Å². The van der Waals surface area contributed by atoms with Crippen molar-refractivity contribution in [1.82, 2.24) is 14.5 Å². The van der Waals surface area contributed by atoms with Crippen molar-refractivity contribution in [3.8, 4) is 23.0 Å². The van der Waals surface area contributed by atoms with Crippen molar-refractivity contribution in [2.75, 3.05) is 17.3 Å². The second kappa shape index (κ2) is 9.87. The van der Waals surface area contributed by atoms with Crippen molar-refractivity contribution < 1.29 is 19.1 Å². The number of fused-ring (bicyclic) bond motifs is 4. The molecule has 1 unspecified atom stereocenters. The van der Waals surface area contributed by atoms with E-state index in [0.29, 0.717) is 50.7 Å². The Kier molecular flexibility index (Phi) is 6.53. The lowest BCUT2D eigenvalue weighted by molar-refractivity contribution is -0.119. The molecular formula is C32H32ClN5O4. The first-order chi connectivity index (χ1) is 20.0. The molecule has 6 rings (SSSR count). The molecule has 0 aliphatic carbocycles. The van der Waals surface area contributed by atoms with Gasteiger partial charge < -0.3 is 19.4 Å². The zero-order valence-corrected chi connectivity index (χ0v) is 25.3. The van der Waals surface area contributed by atoms with Crippen LogP contribution < -0.4 is 19.7 Å². The van der Waals surface area contributed by atoms with Gasteiger partial charge >= 0.3 is 0 Å². The van der Waals surface area contributed by atoms with E-state index >= 15 is 0 Å². The summed E-state index contributed by atoms with van der Waals surface area (Å²) in [6.07, 6.45) is 1.56. The van der Waals surface area contributed by atoms with Gasteiger partial charge in [0.2, 0.25) is 5.88 Å². The molecule has 10 heteroatoms. The normalized spacial score (nSPS) is 17.3. The second-order valence-corrected chi connectivity index (χ2v) is 11.7. The third-order valence-corrected chi connectivity index (χ3v) is 7.96. The van der Waals surface area contributed by atoms with Gasteiger partial charge in [-0.05, 0) is 70.9 Å². The van der Waals surface area contributed by atoms with E-state index in [4.69, 9.17) is 26.1 Å². The molecule has 2 aromatic heterocycles. The quantitative estimate of drug-likeness (QED) is 0.279. The number of carbonyl (C=O) groups excluding carboxylic acids is 2. The standard InChI is InChI=1S/C32H32ClN5O4/c1-16(2)37-28-27(36-29(37)21-15-34-26(42-17(3)4)14-25(21)41-7)30(39)38(24-13-20(33)10-9-19(24)6)32(28)22-11-8-18(5)12-23(22)35-31(32)40/h8-17H,1-7H3,(H,35,40). The fourth-order valence-electron chi connectivity index (χ4n) is 6.03. The molecule has 2 aliphatic heterocycles. The van der Waals surface area contributed by atoms with Crippen LogP contribution in [0.2, 0.25) is 5.02 Å². The van der Waals surface area contributed by atoms with Gasteiger partial charge in [0.05, 0.1) is 30.2 Å². The SMILES string of the molecule is COc1cc(OC(C)C)ncc1-c1nc2c(n1C(C)C)C1(C(=O)Nc3cc(C)ccc31)N(c1cc(Cl)ccc1C)C2=O. The summed E-state index contributed by atoms with van der Waals surface area (Å²) in [6.45, 7) is 11.7. The molecule has 0 bridgehead atoms. The Balaban J connectivity index is 1.68. The molecule has 0 fully saturated rings. The highest BCUT2D eigenvalue weighted by atomic mass is 35.5. The summed E-state index contributed by atoms with van der Waals surface area (Å²) in [6, 6.07) is 12.6. The summed E-state index contributed by atoms with van der Waals surface area (Å²) in [5, 5.41) is 3.53. The minimum atomic E-state index is -1.53. The predicted octanol–water partition coefficient (Wildman–Crippen LogP) is 6.45. The van der Waals surface area contributed by atoms with Gasteiger partial charge in [-0.3, -0.25) is 14.5 Å². The molecule has 2 aromatic carbocycles. The molecule has 216 valence electrons. The highest BCUT2D eigenvalue weighted by molar-refractivity contribution is 6.31. The lowest BCUT2D eigenvalue weighted by atomic mass is 9.86. The van der Waals surface area contributed by atoms with Crippen LogP contribution in [0, 0.1) is 13.8 Å². The van der Waals surface area contributed by atoms with Gasteiger partial charge in [-0.2, -0.15) is 0 Å². The Bertz CT molecular complexity index is 1780. The van der Waals surface area contributed by atoms with Crippen LogP contribution in [-0.4, -0.2) is 39.6 Å². The highest BCUT2D eigenvalue weighted by Gasteiger charge is 2.64. The number of amides is 2. The van der Waals surface area contributed by atoms with Gasteiger partial charge in [-0.25, -0.2) is 9.97 Å². The summed E-state index contributed by atoms with van der Waals surface area (Å²) in [4.78, 5) is 39.9. The van der Waals surface area contributed by atoms with Crippen LogP contribution in [0.15, 0.2) is 48.7 Å². The fourth-order valence-corrected chi connectivity index (χ4v) is 6.20. The molecule has 4 heterocycles. The number of pyridine rings is 1. The molecule has 0 saturated carbocycles. The van der Waals surface area contributed by atoms with E-state index in [9.17, 15) is 9.59 Å². The summed E-state index contributed by atoms with van der Waals surface area (Å²) < 4.78 is 13.5.